The number of rotatable bonds is 11. The van der Waals surface area contributed by atoms with Gasteiger partial charge in [-0.15, -0.1) is 0 Å². The van der Waals surface area contributed by atoms with E-state index in [2.05, 4.69) is 39.0 Å². The zero-order chi connectivity index (χ0) is 18.1. The van der Waals surface area contributed by atoms with Crippen molar-refractivity contribution >= 4 is 36.2 Å². The molecular weight excluding hydrogens is 434 g/mol. The summed E-state index contributed by atoms with van der Waals surface area (Å²) in [4.78, 5) is 0. The number of benzene rings is 1. The Labute approximate surface area is 164 Å². The molecule has 0 atom stereocenters. The Kier molecular flexibility index (Phi) is 9.19. The Balaban J connectivity index is 2.26. The van der Waals surface area contributed by atoms with Crippen molar-refractivity contribution in [2.24, 2.45) is 0 Å². The van der Waals surface area contributed by atoms with E-state index in [4.69, 9.17) is 14.7 Å². The summed E-state index contributed by atoms with van der Waals surface area (Å²) in [5.74, 6) is 1.19. The monoisotopic (exact) mass is 470 g/mol. The van der Waals surface area contributed by atoms with Gasteiger partial charge in [-0.05, 0) is 0 Å². The van der Waals surface area contributed by atoms with Crippen LogP contribution in [0.1, 0.15) is 76.8 Å². The molecule has 0 saturated carbocycles. The van der Waals surface area contributed by atoms with E-state index in [1.807, 2.05) is 6.07 Å². The molecule has 0 radical (unpaired) electrons. The number of aryl methyl sites for hydroxylation is 1. The molecule has 0 amide bonds. The number of unbranched alkanes of at least 4 members (excludes halogenated alkanes) is 3. The molecule has 1 nitrogen and oxygen atoms in total. The molecule has 2 rings (SSSR count). The van der Waals surface area contributed by atoms with Gasteiger partial charge in [0.2, 0.25) is 0 Å². The van der Waals surface area contributed by atoms with Crippen molar-refractivity contribution in [1.82, 2.24) is 0 Å². The van der Waals surface area contributed by atoms with E-state index in [-0.39, 0.29) is 0 Å². The first-order valence-electron chi connectivity index (χ1n) is 10.3. The second kappa shape index (κ2) is 10.9. The Bertz CT molecular complexity index is 545. The van der Waals surface area contributed by atoms with Crippen molar-refractivity contribution in [1.29, 1.82) is 0 Å². The maximum atomic E-state index is 7.08. The summed E-state index contributed by atoms with van der Waals surface area (Å²) in [5.41, 5.74) is 2.67. The van der Waals surface area contributed by atoms with Crippen LogP contribution in [-0.2, 0) is 9.49 Å². The van der Waals surface area contributed by atoms with E-state index in [1.165, 1.54) is 68.7 Å². The molecule has 25 heavy (non-hydrogen) atoms. The van der Waals surface area contributed by atoms with E-state index >= 15 is 0 Å². The van der Waals surface area contributed by atoms with Gasteiger partial charge in [0.05, 0.1) is 0 Å². The van der Waals surface area contributed by atoms with Gasteiger partial charge in [-0.2, -0.15) is 0 Å². The zero-order valence-electron chi connectivity index (χ0n) is 16.4. The normalized spacial score (nSPS) is 14.2. The van der Waals surface area contributed by atoms with Crippen LogP contribution in [0.3, 0.4) is 0 Å². The van der Waals surface area contributed by atoms with Crippen LogP contribution < -0.4 is 0 Å². The van der Waals surface area contributed by atoms with E-state index in [9.17, 15) is 0 Å². The number of hydrogen-bond acceptors (Lipinski definition) is 1. The third kappa shape index (κ3) is 6.20. The fraction of sp³-hybridized carbons (Fsp3) is 0.636. The van der Waals surface area contributed by atoms with E-state index in [1.54, 1.807) is 0 Å². The first-order valence-corrected chi connectivity index (χ1v) is 17.9. The SMILES string of the molecule is CCC[CH2][Sn]([CH2]CCC)([CH2]CCC)[O]C1=CCCc2cc(Cl)ccc21. The van der Waals surface area contributed by atoms with Gasteiger partial charge in [0.25, 0.3) is 0 Å². The van der Waals surface area contributed by atoms with Gasteiger partial charge in [-0.3, -0.25) is 0 Å². The first-order chi connectivity index (χ1) is 12.1. The van der Waals surface area contributed by atoms with Crippen LogP contribution >= 0.6 is 11.6 Å². The molecule has 0 aliphatic heterocycles. The summed E-state index contributed by atoms with van der Waals surface area (Å²) in [6.07, 6.45) is 12.4. The summed E-state index contributed by atoms with van der Waals surface area (Å²) in [6, 6.07) is 6.33. The van der Waals surface area contributed by atoms with Crippen LogP contribution in [0.2, 0.25) is 18.3 Å². The summed E-state index contributed by atoms with van der Waals surface area (Å²) in [7, 11) is 0. The quantitative estimate of drug-likeness (QED) is 0.298. The van der Waals surface area contributed by atoms with Crippen molar-refractivity contribution in [3.63, 3.8) is 0 Å². The molecule has 0 bridgehead atoms. The van der Waals surface area contributed by atoms with E-state index in [0.29, 0.717) is 0 Å². The molecule has 0 fully saturated rings. The van der Waals surface area contributed by atoms with Gasteiger partial charge >= 0.3 is 165 Å². The molecule has 0 N–H and O–H groups in total. The van der Waals surface area contributed by atoms with Crippen LogP contribution in [-0.4, -0.2) is 18.8 Å². The molecule has 0 unspecified atom stereocenters. The van der Waals surface area contributed by atoms with E-state index in [0.717, 1.165) is 17.9 Å². The number of halogens is 1. The van der Waals surface area contributed by atoms with Crippen LogP contribution in [0.4, 0.5) is 0 Å². The molecule has 1 aromatic rings. The predicted molar refractivity (Wildman–Crippen MR) is 114 cm³/mol. The molecule has 140 valence electrons. The summed E-state index contributed by atoms with van der Waals surface area (Å²) in [5, 5.41) is 0.845. The van der Waals surface area contributed by atoms with Crippen molar-refractivity contribution < 1.29 is 3.07 Å². The zero-order valence-corrected chi connectivity index (χ0v) is 20.0. The fourth-order valence-corrected chi connectivity index (χ4v) is 17.5. The molecule has 0 aromatic heterocycles. The summed E-state index contributed by atoms with van der Waals surface area (Å²) in [6.45, 7) is 6.94. The number of allylic oxidation sites excluding steroid dienone is 1. The van der Waals surface area contributed by atoms with Crippen molar-refractivity contribution in [3.05, 3.63) is 40.4 Å². The molecule has 0 spiro atoms. The van der Waals surface area contributed by atoms with Crippen molar-refractivity contribution in [2.45, 2.75) is 85.4 Å². The first kappa shape index (κ1) is 21.2. The molecule has 1 aliphatic carbocycles. The minimum atomic E-state index is -2.62. The molecule has 1 aliphatic rings. The van der Waals surface area contributed by atoms with E-state index < -0.39 is 18.8 Å². The van der Waals surface area contributed by atoms with Crippen LogP contribution in [0, 0.1) is 0 Å². The minimum absolute atomic E-state index is 0.845. The summed E-state index contributed by atoms with van der Waals surface area (Å²) < 4.78 is 11.2. The third-order valence-corrected chi connectivity index (χ3v) is 18.3. The average Bonchev–Trinajstić information content (AvgIpc) is 2.62. The van der Waals surface area contributed by atoms with Crippen LogP contribution in [0.15, 0.2) is 24.3 Å². The Morgan fingerprint density at radius 1 is 0.960 bits per heavy atom. The molecule has 0 saturated heterocycles. The Morgan fingerprint density at radius 3 is 2.12 bits per heavy atom. The second-order valence-corrected chi connectivity index (χ2v) is 19.6. The van der Waals surface area contributed by atoms with Crippen LogP contribution in [0.5, 0.6) is 0 Å². The van der Waals surface area contributed by atoms with Gasteiger partial charge < -0.3 is 0 Å². The second-order valence-electron chi connectivity index (χ2n) is 7.50. The number of hydrogen-bond donors (Lipinski definition) is 0. The van der Waals surface area contributed by atoms with Crippen molar-refractivity contribution in [3.8, 4) is 0 Å². The van der Waals surface area contributed by atoms with Gasteiger partial charge in [-0.1, -0.05) is 0 Å². The average molecular weight is 470 g/mol. The molecular formula is C22H35ClOSn. The Hall–Kier alpha value is -0.151. The van der Waals surface area contributed by atoms with Gasteiger partial charge in [0, 0.05) is 0 Å². The standard InChI is InChI=1S/C10H9ClO.3C4H9.Sn/c11-8-4-5-9-7(6-8)2-1-3-10(9)12;3*1-3-4-2;/h3-6,12H,1-2H2;3*1,3-4H2,2H3;/q;;;;+1/p-1. The predicted octanol–water partition coefficient (Wildman–Crippen LogP) is 7.99. The molecule has 3 heteroatoms. The van der Waals surface area contributed by atoms with Crippen LogP contribution in [0.25, 0.3) is 5.76 Å². The third-order valence-electron chi connectivity index (χ3n) is 5.36. The molecule has 0 heterocycles. The van der Waals surface area contributed by atoms with Gasteiger partial charge in [0.1, 0.15) is 0 Å². The Morgan fingerprint density at radius 2 is 1.56 bits per heavy atom. The fourth-order valence-electron chi connectivity index (χ4n) is 3.83. The van der Waals surface area contributed by atoms with Crippen molar-refractivity contribution in [2.75, 3.05) is 0 Å². The molecule has 1 aromatic carbocycles. The van der Waals surface area contributed by atoms with Gasteiger partial charge in [0.15, 0.2) is 0 Å². The topological polar surface area (TPSA) is 9.23 Å². The maximum absolute atomic E-state index is 7.08. The van der Waals surface area contributed by atoms with Gasteiger partial charge in [-0.25, -0.2) is 0 Å². The summed E-state index contributed by atoms with van der Waals surface area (Å²) >= 11 is 3.60. The number of fused-ring (bicyclic) bond motifs is 1.